The van der Waals surface area contributed by atoms with Gasteiger partial charge in [-0.05, 0) is 31.4 Å². The van der Waals surface area contributed by atoms with Gasteiger partial charge in [0.25, 0.3) is 5.91 Å². The van der Waals surface area contributed by atoms with Crippen LogP contribution >= 0.6 is 0 Å². The van der Waals surface area contributed by atoms with E-state index in [0.29, 0.717) is 0 Å². The Morgan fingerprint density at radius 1 is 1.20 bits per heavy atom. The smallest absolute Gasteiger partial charge is 0.252 e. The first-order chi connectivity index (χ1) is 9.47. The van der Waals surface area contributed by atoms with E-state index in [9.17, 15) is 18.4 Å². The van der Waals surface area contributed by atoms with E-state index in [2.05, 4.69) is 5.32 Å². The van der Waals surface area contributed by atoms with Crippen molar-refractivity contribution < 1.29 is 18.4 Å². The highest BCUT2D eigenvalue weighted by Gasteiger charge is 2.46. The molecule has 1 aromatic carbocycles. The van der Waals surface area contributed by atoms with Crippen molar-refractivity contribution in [1.82, 2.24) is 4.90 Å². The molecule has 2 aliphatic rings. The number of aryl methyl sites for hydroxylation is 1. The summed E-state index contributed by atoms with van der Waals surface area (Å²) in [6.45, 7) is 1.46. The van der Waals surface area contributed by atoms with Gasteiger partial charge in [0.05, 0.1) is 12.1 Å². The van der Waals surface area contributed by atoms with Gasteiger partial charge in [-0.15, -0.1) is 0 Å². The van der Waals surface area contributed by atoms with Gasteiger partial charge in [-0.2, -0.15) is 0 Å². The summed E-state index contributed by atoms with van der Waals surface area (Å²) in [4.78, 5) is 25.1. The number of amides is 2. The molecule has 1 unspecified atom stereocenters. The van der Waals surface area contributed by atoms with Crippen LogP contribution in [0.2, 0.25) is 0 Å². The van der Waals surface area contributed by atoms with Gasteiger partial charge in [-0.3, -0.25) is 14.5 Å². The molecule has 1 aliphatic carbocycles. The number of halogens is 2. The second-order valence-corrected chi connectivity index (χ2v) is 5.32. The molecule has 0 radical (unpaired) electrons. The minimum atomic E-state index is -0.806. The van der Waals surface area contributed by atoms with Gasteiger partial charge in [0.1, 0.15) is 17.7 Å². The van der Waals surface area contributed by atoms with Crippen molar-refractivity contribution in [1.29, 1.82) is 0 Å². The Labute approximate surface area is 114 Å². The average molecular weight is 280 g/mol. The van der Waals surface area contributed by atoms with Crippen LogP contribution in [0.3, 0.4) is 0 Å². The number of hydrogen-bond acceptors (Lipinski definition) is 3. The summed E-state index contributed by atoms with van der Waals surface area (Å²) in [6.07, 6.45) is 1.65. The summed E-state index contributed by atoms with van der Waals surface area (Å²) >= 11 is 0. The van der Waals surface area contributed by atoms with E-state index >= 15 is 0 Å². The fourth-order valence-corrected chi connectivity index (χ4v) is 2.42. The zero-order chi connectivity index (χ0) is 14.4. The van der Waals surface area contributed by atoms with E-state index in [1.165, 1.54) is 11.8 Å². The number of anilines is 1. The maximum Gasteiger partial charge on any atom is 0.252 e. The van der Waals surface area contributed by atoms with Gasteiger partial charge in [0, 0.05) is 12.1 Å². The summed E-state index contributed by atoms with van der Waals surface area (Å²) in [5.41, 5.74) is 0.110. The molecule has 1 aromatic rings. The van der Waals surface area contributed by atoms with Crippen molar-refractivity contribution in [3.05, 3.63) is 29.3 Å². The Morgan fingerprint density at radius 2 is 1.90 bits per heavy atom. The molecule has 20 heavy (non-hydrogen) atoms. The van der Waals surface area contributed by atoms with Crippen molar-refractivity contribution in [2.45, 2.75) is 38.3 Å². The normalized spacial score (nSPS) is 22.6. The fraction of sp³-hybridized carbons (Fsp3) is 0.429. The molecule has 0 spiro atoms. The molecule has 3 rings (SSSR count). The van der Waals surface area contributed by atoms with Crippen LogP contribution in [0.5, 0.6) is 0 Å². The number of nitrogens with one attached hydrogen (secondary N) is 1. The third-order valence-corrected chi connectivity index (χ3v) is 3.67. The standard InChI is InChI=1S/C14H14F2N2O2/c1-7-4-10(16)11(5-9(7)15)17-12-6-13(19)18(14(12)20)8-2-3-8/h4-5,8,12,17H,2-3,6H2,1H3. The summed E-state index contributed by atoms with van der Waals surface area (Å²) < 4.78 is 27.2. The maximum atomic E-state index is 13.7. The number of carbonyl (C=O) groups excluding carboxylic acids is 2. The van der Waals surface area contributed by atoms with Crippen LogP contribution in [0.25, 0.3) is 0 Å². The summed E-state index contributed by atoms with van der Waals surface area (Å²) in [5, 5.41) is 2.64. The highest BCUT2D eigenvalue weighted by Crippen LogP contribution is 2.32. The van der Waals surface area contributed by atoms with Crippen LogP contribution < -0.4 is 5.32 Å². The maximum absolute atomic E-state index is 13.7. The Morgan fingerprint density at radius 3 is 2.55 bits per heavy atom. The lowest BCUT2D eigenvalue weighted by atomic mass is 10.1. The molecule has 0 bridgehead atoms. The molecule has 1 heterocycles. The lowest BCUT2D eigenvalue weighted by molar-refractivity contribution is -0.139. The second-order valence-electron chi connectivity index (χ2n) is 5.32. The topological polar surface area (TPSA) is 49.4 Å². The summed E-state index contributed by atoms with van der Waals surface area (Å²) in [5.74, 6) is -1.78. The SMILES string of the molecule is Cc1cc(F)c(NC2CC(=O)N(C3CC3)C2=O)cc1F. The highest BCUT2D eigenvalue weighted by molar-refractivity contribution is 6.07. The first-order valence-corrected chi connectivity index (χ1v) is 6.55. The number of carbonyl (C=O) groups is 2. The Bertz CT molecular complexity index is 599. The molecule has 1 N–H and O–H groups in total. The quantitative estimate of drug-likeness (QED) is 0.861. The van der Waals surface area contributed by atoms with Gasteiger partial charge in [-0.25, -0.2) is 8.78 Å². The van der Waals surface area contributed by atoms with Crippen molar-refractivity contribution >= 4 is 17.5 Å². The highest BCUT2D eigenvalue weighted by atomic mass is 19.1. The van der Waals surface area contributed by atoms with Gasteiger partial charge >= 0.3 is 0 Å². The molecule has 1 atom stereocenters. The van der Waals surface area contributed by atoms with Crippen molar-refractivity contribution in [3.63, 3.8) is 0 Å². The first kappa shape index (κ1) is 13.0. The zero-order valence-electron chi connectivity index (χ0n) is 11.0. The Kier molecular flexibility index (Phi) is 2.96. The number of benzene rings is 1. The van der Waals surface area contributed by atoms with E-state index in [1.807, 2.05) is 0 Å². The fourth-order valence-electron chi connectivity index (χ4n) is 2.42. The molecule has 6 heteroatoms. The van der Waals surface area contributed by atoms with E-state index in [4.69, 9.17) is 0 Å². The molecule has 4 nitrogen and oxygen atoms in total. The van der Waals surface area contributed by atoms with Crippen LogP contribution in [0, 0.1) is 18.6 Å². The number of nitrogens with zero attached hydrogens (tertiary/aromatic N) is 1. The Hall–Kier alpha value is -1.98. The molecule has 0 aromatic heterocycles. The van der Waals surface area contributed by atoms with Crippen LogP contribution in [-0.4, -0.2) is 28.8 Å². The van der Waals surface area contributed by atoms with Crippen molar-refractivity contribution in [2.75, 3.05) is 5.32 Å². The predicted molar refractivity (Wildman–Crippen MR) is 68.0 cm³/mol. The van der Waals surface area contributed by atoms with Gasteiger partial charge in [0.15, 0.2) is 0 Å². The van der Waals surface area contributed by atoms with E-state index in [0.717, 1.165) is 25.0 Å². The largest absolute Gasteiger partial charge is 0.371 e. The molecule has 106 valence electrons. The number of imide groups is 1. The summed E-state index contributed by atoms with van der Waals surface area (Å²) in [7, 11) is 0. The average Bonchev–Trinajstić information content (AvgIpc) is 3.15. The van der Waals surface area contributed by atoms with Crippen LogP contribution in [-0.2, 0) is 9.59 Å². The van der Waals surface area contributed by atoms with Crippen LogP contribution in [0.1, 0.15) is 24.8 Å². The minimum Gasteiger partial charge on any atom is -0.371 e. The number of rotatable bonds is 3. The summed E-state index contributed by atoms with van der Waals surface area (Å²) in [6, 6.07) is 1.28. The third-order valence-electron chi connectivity index (χ3n) is 3.67. The second kappa shape index (κ2) is 4.54. The molecular formula is C14H14F2N2O2. The number of hydrogen-bond donors (Lipinski definition) is 1. The molecule has 1 saturated carbocycles. The van der Waals surface area contributed by atoms with Crippen molar-refractivity contribution in [3.8, 4) is 0 Å². The van der Waals surface area contributed by atoms with E-state index in [-0.39, 0.29) is 35.5 Å². The molecule has 2 amide bonds. The van der Waals surface area contributed by atoms with Crippen LogP contribution in [0.4, 0.5) is 14.5 Å². The number of likely N-dealkylation sites (tertiary alicyclic amines) is 1. The van der Waals surface area contributed by atoms with Gasteiger partial charge < -0.3 is 5.32 Å². The lowest BCUT2D eigenvalue weighted by Crippen LogP contribution is -2.36. The predicted octanol–water partition coefficient (Wildman–Crippen LogP) is 1.98. The molecule has 1 saturated heterocycles. The molecule has 1 aliphatic heterocycles. The lowest BCUT2D eigenvalue weighted by Gasteiger charge is -2.16. The minimum absolute atomic E-state index is 0.00130. The molecular weight excluding hydrogens is 266 g/mol. The van der Waals surface area contributed by atoms with E-state index in [1.54, 1.807) is 0 Å². The van der Waals surface area contributed by atoms with E-state index < -0.39 is 17.7 Å². The van der Waals surface area contributed by atoms with Crippen LogP contribution in [0.15, 0.2) is 12.1 Å². The monoisotopic (exact) mass is 280 g/mol. The first-order valence-electron chi connectivity index (χ1n) is 6.55. The zero-order valence-corrected chi connectivity index (χ0v) is 11.0. The van der Waals surface area contributed by atoms with Gasteiger partial charge in [-0.1, -0.05) is 0 Å². The Balaban J connectivity index is 1.80. The third kappa shape index (κ3) is 2.15. The van der Waals surface area contributed by atoms with Gasteiger partial charge in [0.2, 0.25) is 5.91 Å². The molecule has 2 fully saturated rings. The van der Waals surface area contributed by atoms with Crippen molar-refractivity contribution in [2.24, 2.45) is 0 Å².